The fraction of sp³-hybridized carbons (Fsp3) is 0.429. The number of benzene rings is 2. The van der Waals surface area contributed by atoms with E-state index in [2.05, 4.69) is 60.0 Å². The lowest BCUT2D eigenvalue weighted by Crippen LogP contribution is -2.46. The van der Waals surface area contributed by atoms with E-state index >= 15 is 0 Å². The number of piperazine rings is 1. The average molecular weight is 324 g/mol. The minimum absolute atomic E-state index is 0.712. The molecule has 0 radical (unpaired) electrons. The summed E-state index contributed by atoms with van der Waals surface area (Å²) in [5, 5.41) is 0. The van der Waals surface area contributed by atoms with Crippen LogP contribution in [0.5, 0.6) is 5.75 Å². The topological polar surface area (TPSA) is 15.7 Å². The van der Waals surface area contributed by atoms with Crippen LogP contribution >= 0.6 is 0 Å². The molecule has 0 atom stereocenters. The summed E-state index contributed by atoms with van der Waals surface area (Å²) in [5.41, 5.74) is 5.42. The molecule has 1 aliphatic rings. The van der Waals surface area contributed by atoms with Crippen molar-refractivity contribution >= 4 is 5.69 Å². The Hall–Kier alpha value is -2.00. The number of nitrogens with zero attached hydrogens (tertiary/aromatic N) is 2. The molecule has 3 rings (SSSR count). The van der Waals surface area contributed by atoms with Gasteiger partial charge in [-0.15, -0.1) is 0 Å². The molecule has 0 aliphatic carbocycles. The van der Waals surface area contributed by atoms with Crippen molar-refractivity contribution in [2.75, 3.05) is 37.7 Å². The van der Waals surface area contributed by atoms with Crippen molar-refractivity contribution in [3.8, 4) is 5.75 Å². The minimum atomic E-state index is 0.712. The first-order chi connectivity index (χ1) is 11.7. The number of hydrogen-bond donors (Lipinski definition) is 0. The van der Waals surface area contributed by atoms with Gasteiger partial charge in [0.1, 0.15) is 5.75 Å². The van der Waals surface area contributed by atoms with Crippen molar-refractivity contribution in [1.82, 2.24) is 4.90 Å². The van der Waals surface area contributed by atoms with Crippen LogP contribution in [0.25, 0.3) is 0 Å². The van der Waals surface area contributed by atoms with Gasteiger partial charge in [-0.2, -0.15) is 0 Å². The van der Waals surface area contributed by atoms with Crippen LogP contribution in [0.1, 0.15) is 23.6 Å². The van der Waals surface area contributed by atoms with Crippen molar-refractivity contribution in [3.05, 3.63) is 59.2 Å². The summed E-state index contributed by atoms with van der Waals surface area (Å²) in [7, 11) is 0. The van der Waals surface area contributed by atoms with Gasteiger partial charge in [0, 0.05) is 32.7 Å². The molecule has 0 N–H and O–H groups in total. The predicted octanol–water partition coefficient (Wildman–Crippen LogP) is 4.02. The Balaban J connectivity index is 1.62. The maximum atomic E-state index is 5.78. The highest BCUT2D eigenvalue weighted by Gasteiger charge is 2.20. The summed E-state index contributed by atoms with van der Waals surface area (Å²) in [4.78, 5) is 5.00. The van der Waals surface area contributed by atoms with Crippen LogP contribution in [0, 0.1) is 13.8 Å². The van der Waals surface area contributed by atoms with Gasteiger partial charge in [0.05, 0.1) is 12.3 Å². The highest BCUT2D eigenvalue weighted by atomic mass is 16.5. The molecule has 2 aromatic rings. The van der Waals surface area contributed by atoms with Crippen LogP contribution in [-0.2, 0) is 6.54 Å². The molecule has 2 aromatic carbocycles. The second-order valence-corrected chi connectivity index (χ2v) is 6.59. The summed E-state index contributed by atoms with van der Waals surface area (Å²) in [6.07, 6.45) is 0. The molecule has 1 saturated heterocycles. The van der Waals surface area contributed by atoms with Gasteiger partial charge < -0.3 is 9.64 Å². The van der Waals surface area contributed by atoms with Crippen LogP contribution in [0.15, 0.2) is 42.5 Å². The Morgan fingerprint density at radius 1 is 0.958 bits per heavy atom. The minimum Gasteiger partial charge on any atom is -0.492 e. The van der Waals surface area contributed by atoms with E-state index < -0.39 is 0 Å². The number of aryl methyl sites for hydroxylation is 2. The fourth-order valence-electron chi connectivity index (χ4n) is 3.41. The number of anilines is 1. The summed E-state index contributed by atoms with van der Waals surface area (Å²) >= 11 is 0. The zero-order valence-electron chi connectivity index (χ0n) is 15.1. The quantitative estimate of drug-likeness (QED) is 0.826. The molecular formula is C21H28N2O. The van der Waals surface area contributed by atoms with Gasteiger partial charge in [-0.05, 0) is 44.0 Å². The molecule has 24 heavy (non-hydrogen) atoms. The molecule has 0 amide bonds. The van der Waals surface area contributed by atoms with Gasteiger partial charge in [0.2, 0.25) is 0 Å². The van der Waals surface area contributed by atoms with Crippen LogP contribution < -0.4 is 9.64 Å². The second kappa shape index (κ2) is 7.71. The van der Waals surface area contributed by atoms with E-state index in [9.17, 15) is 0 Å². The third kappa shape index (κ3) is 3.90. The highest BCUT2D eigenvalue weighted by Crippen LogP contribution is 2.29. The van der Waals surface area contributed by atoms with Gasteiger partial charge in [-0.3, -0.25) is 4.90 Å². The molecule has 1 heterocycles. The maximum absolute atomic E-state index is 5.78. The zero-order valence-corrected chi connectivity index (χ0v) is 15.1. The first kappa shape index (κ1) is 16.8. The monoisotopic (exact) mass is 324 g/mol. The molecule has 3 heteroatoms. The van der Waals surface area contributed by atoms with Crippen molar-refractivity contribution in [2.24, 2.45) is 0 Å². The number of ether oxygens (including phenoxy) is 1. The van der Waals surface area contributed by atoms with E-state index in [0.29, 0.717) is 6.61 Å². The second-order valence-electron chi connectivity index (χ2n) is 6.59. The van der Waals surface area contributed by atoms with Crippen molar-refractivity contribution in [1.29, 1.82) is 0 Å². The summed E-state index contributed by atoms with van der Waals surface area (Å²) in [5.74, 6) is 1.00. The molecular weight excluding hydrogens is 296 g/mol. The third-order valence-electron chi connectivity index (χ3n) is 4.77. The number of hydrogen-bond acceptors (Lipinski definition) is 3. The van der Waals surface area contributed by atoms with Gasteiger partial charge in [-0.1, -0.05) is 35.9 Å². The van der Waals surface area contributed by atoms with Crippen LogP contribution in [0.2, 0.25) is 0 Å². The first-order valence-electron chi connectivity index (χ1n) is 8.92. The Morgan fingerprint density at radius 3 is 2.42 bits per heavy atom. The Bertz CT molecular complexity index is 675. The Kier molecular flexibility index (Phi) is 5.41. The summed E-state index contributed by atoms with van der Waals surface area (Å²) in [6, 6.07) is 15.2. The van der Waals surface area contributed by atoms with Gasteiger partial charge in [-0.25, -0.2) is 0 Å². The Labute approximate surface area is 145 Å². The lowest BCUT2D eigenvalue weighted by molar-refractivity contribution is 0.248. The zero-order chi connectivity index (χ0) is 16.9. The largest absolute Gasteiger partial charge is 0.492 e. The maximum Gasteiger partial charge on any atom is 0.142 e. The third-order valence-corrected chi connectivity index (χ3v) is 4.77. The molecule has 0 spiro atoms. The first-order valence-corrected chi connectivity index (χ1v) is 8.92. The van der Waals surface area contributed by atoms with Crippen LogP contribution in [0.4, 0.5) is 5.69 Å². The van der Waals surface area contributed by atoms with E-state index in [1.165, 1.54) is 22.4 Å². The van der Waals surface area contributed by atoms with Gasteiger partial charge in [0.15, 0.2) is 0 Å². The normalized spacial score (nSPS) is 15.5. The molecule has 0 bridgehead atoms. The van der Waals surface area contributed by atoms with E-state index in [-0.39, 0.29) is 0 Å². The average Bonchev–Trinajstić information content (AvgIpc) is 2.59. The smallest absolute Gasteiger partial charge is 0.142 e. The van der Waals surface area contributed by atoms with Crippen molar-refractivity contribution in [3.63, 3.8) is 0 Å². The van der Waals surface area contributed by atoms with E-state index in [4.69, 9.17) is 4.74 Å². The SMILES string of the molecule is CCOc1ccccc1N1CCN(Cc2ccc(C)cc2C)CC1. The Morgan fingerprint density at radius 2 is 1.71 bits per heavy atom. The van der Waals surface area contributed by atoms with Gasteiger partial charge in [0.25, 0.3) is 0 Å². The predicted molar refractivity (Wildman–Crippen MR) is 101 cm³/mol. The number of para-hydroxylation sites is 2. The van der Waals surface area contributed by atoms with Gasteiger partial charge >= 0.3 is 0 Å². The van der Waals surface area contributed by atoms with Crippen LogP contribution in [-0.4, -0.2) is 37.7 Å². The standard InChI is InChI=1S/C21H28N2O/c1-4-24-21-8-6-5-7-20(21)23-13-11-22(12-14-23)16-19-10-9-17(2)15-18(19)3/h5-10,15H,4,11-14,16H2,1-3H3. The highest BCUT2D eigenvalue weighted by molar-refractivity contribution is 5.58. The molecule has 0 unspecified atom stereocenters. The lowest BCUT2D eigenvalue weighted by atomic mass is 10.0. The molecule has 1 aliphatic heterocycles. The molecule has 3 nitrogen and oxygen atoms in total. The van der Waals surface area contributed by atoms with Crippen molar-refractivity contribution < 1.29 is 4.74 Å². The fourth-order valence-corrected chi connectivity index (χ4v) is 3.41. The molecule has 0 aromatic heterocycles. The number of rotatable bonds is 5. The van der Waals surface area contributed by atoms with E-state index in [1.54, 1.807) is 0 Å². The van der Waals surface area contributed by atoms with E-state index in [1.807, 2.05) is 13.0 Å². The molecule has 128 valence electrons. The summed E-state index contributed by atoms with van der Waals surface area (Å²) < 4.78 is 5.78. The van der Waals surface area contributed by atoms with Crippen molar-refractivity contribution in [2.45, 2.75) is 27.3 Å². The lowest BCUT2D eigenvalue weighted by Gasteiger charge is -2.37. The molecule has 0 saturated carbocycles. The molecule has 1 fully saturated rings. The van der Waals surface area contributed by atoms with Crippen LogP contribution in [0.3, 0.4) is 0 Å². The summed E-state index contributed by atoms with van der Waals surface area (Å²) in [6.45, 7) is 12.5. The van der Waals surface area contributed by atoms with E-state index in [0.717, 1.165) is 38.5 Å².